The average Bonchev–Trinajstić information content (AvgIpc) is 2.51. The van der Waals surface area contributed by atoms with E-state index >= 15 is 0 Å². The van der Waals surface area contributed by atoms with E-state index in [0.717, 1.165) is 22.6 Å². The molecule has 1 aliphatic rings. The number of sulfone groups is 1. The maximum atomic E-state index is 11.3. The predicted octanol–water partition coefficient (Wildman–Crippen LogP) is 1.86. The number of nitrogens with two attached hydrogens (primary N) is 1. The second-order valence-electron chi connectivity index (χ2n) is 4.17. The van der Waals surface area contributed by atoms with Crippen LogP contribution in [0.1, 0.15) is 12.0 Å². The van der Waals surface area contributed by atoms with Crippen LogP contribution in [0.25, 0.3) is 0 Å². The molecular weight excluding hydrogens is 242 g/mol. The van der Waals surface area contributed by atoms with Gasteiger partial charge in [-0.05, 0) is 37.1 Å². The summed E-state index contributed by atoms with van der Waals surface area (Å²) in [6, 6.07) is 5.75. The normalized spacial score (nSPS) is 23.4. The number of benzene rings is 1. The monoisotopic (exact) mass is 257 g/mol. The van der Waals surface area contributed by atoms with Crippen molar-refractivity contribution >= 4 is 27.3 Å². The Balaban J connectivity index is 2.11. The Morgan fingerprint density at radius 1 is 1.44 bits per heavy atom. The molecule has 2 N–H and O–H groups in total. The fraction of sp³-hybridized carbons (Fsp3) is 0.455. The summed E-state index contributed by atoms with van der Waals surface area (Å²) in [6.45, 7) is 2.00. The lowest BCUT2D eigenvalue weighted by atomic mass is 10.2. The van der Waals surface area contributed by atoms with E-state index in [0.29, 0.717) is 11.5 Å². The molecule has 1 atom stereocenters. The minimum Gasteiger partial charge on any atom is -0.399 e. The number of rotatable bonds is 2. The van der Waals surface area contributed by atoms with Gasteiger partial charge in [0.25, 0.3) is 0 Å². The van der Waals surface area contributed by atoms with Crippen molar-refractivity contribution < 1.29 is 8.42 Å². The first-order valence-corrected chi connectivity index (χ1v) is 7.89. The average molecular weight is 257 g/mol. The maximum absolute atomic E-state index is 11.3. The van der Waals surface area contributed by atoms with Crippen molar-refractivity contribution in [2.24, 2.45) is 0 Å². The molecule has 0 saturated carbocycles. The summed E-state index contributed by atoms with van der Waals surface area (Å²) in [7, 11) is -2.78. The molecule has 0 aliphatic carbocycles. The fourth-order valence-corrected chi connectivity index (χ4v) is 5.41. The van der Waals surface area contributed by atoms with Crippen LogP contribution in [0.2, 0.25) is 0 Å². The van der Waals surface area contributed by atoms with Crippen LogP contribution < -0.4 is 5.73 Å². The SMILES string of the molecule is Cc1cc(N)ccc1SC1CCS(=O)(=O)C1. The first-order chi connectivity index (χ1) is 7.46. The van der Waals surface area contributed by atoms with E-state index in [1.807, 2.05) is 25.1 Å². The van der Waals surface area contributed by atoms with Crippen molar-refractivity contribution in [1.82, 2.24) is 0 Å². The smallest absolute Gasteiger partial charge is 0.151 e. The summed E-state index contributed by atoms with van der Waals surface area (Å²) < 4.78 is 22.7. The van der Waals surface area contributed by atoms with Crippen LogP contribution in [0.4, 0.5) is 5.69 Å². The number of thioether (sulfide) groups is 1. The van der Waals surface area contributed by atoms with Gasteiger partial charge in [0.2, 0.25) is 0 Å². The first kappa shape index (κ1) is 11.8. The standard InChI is InChI=1S/C11H15NO2S2/c1-8-6-9(12)2-3-11(8)15-10-4-5-16(13,14)7-10/h2-3,6,10H,4-5,7,12H2,1H3. The number of aryl methyl sites for hydroxylation is 1. The molecule has 88 valence electrons. The molecule has 5 heteroatoms. The predicted molar refractivity (Wildman–Crippen MR) is 68.5 cm³/mol. The first-order valence-electron chi connectivity index (χ1n) is 5.19. The van der Waals surface area contributed by atoms with Crippen LogP contribution in [0.3, 0.4) is 0 Å². The molecular formula is C11H15NO2S2. The van der Waals surface area contributed by atoms with Crippen molar-refractivity contribution in [3.8, 4) is 0 Å². The van der Waals surface area contributed by atoms with Crippen molar-refractivity contribution in [3.63, 3.8) is 0 Å². The Kier molecular flexibility index (Phi) is 3.17. The summed E-state index contributed by atoms with van der Waals surface area (Å²) in [4.78, 5) is 1.14. The zero-order valence-corrected chi connectivity index (χ0v) is 10.8. The summed E-state index contributed by atoms with van der Waals surface area (Å²) in [5.74, 6) is 0.639. The van der Waals surface area contributed by atoms with Gasteiger partial charge in [-0.15, -0.1) is 11.8 Å². The van der Waals surface area contributed by atoms with Crippen LogP contribution in [0, 0.1) is 6.92 Å². The fourth-order valence-electron chi connectivity index (χ4n) is 1.84. The van der Waals surface area contributed by atoms with Crippen LogP contribution >= 0.6 is 11.8 Å². The minimum absolute atomic E-state index is 0.201. The third-order valence-corrected chi connectivity index (χ3v) is 6.11. The number of nitrogen functional groups attached to an aromatic ring is 1. The van der Waals surface area contributed by atoms with Gasteiger partial charge in [0, 0.05) is 15.8 Å². The largest absolute Gasteiger partial charge is 0.399 e. The Morgan fingerprint density at radius 3 is 2.75 bits per heavy atom. The van der Waals surface area contributed by atoms with Gasteiger partial charge in [-0.3, -0.25) is 0 Å². The lowest BCUT2D eigenvalue weighted by molar-refractivity contribution is 0.602. The summed E-state index contributed by atoms with van der Waals surface area (Å²) in [6.07, 6.45) is 0.761. The second kappa shape index (κ2) is 4.30. The van der Waals surface area contributed by atoms with Crippen LogP contribution in [-0.4, -0.2) is 25.2 Å². The molecule has 1 heterocycles. The van der Waals surface area contributed by atoms with Gasteiger partial charge in [-0.2, -0.15) is 0 Å². The lowest BCUT2D eigenvalue weighted by Gasteiger charge is -2.10. The topological polar surface area (TPSA) is 60.2 Å². The van der Waals surface area contributed by atoms with E-state index in [2.05, 4.69) is 0 Å². The molecule has 3 nitrogen and oxygen atoms in total. The number of hydrogen-bond acceptors (Lipinski definition) is 4. The molecule has 0 aromatic heterocycles. The molecule has 1 unspecified atom stereocenters. The van der Waals surface area contributed by atoms with Gasteiger partial charge in [0.05, 0.1) is 11.5 Å². The van der Waals surface area contributed by atoms with Gasteiger partial charge in [-0.25, -0.2) is 8.42 Å². The maximum Gasteiger partial charge on any atom is 0.151 e. The molecule has 0 spiro atoms. The summed E-state index contributed by atoms with van der Waals surface area (Å²) in [5, 5.41) is 0.201. The molecule has 1 aromatic rings. The Labute approximate surface area is 100 Å². The number of hydrogen-bond donors (Lipinski definition) is 1. The molecule has 2 rings (SSSR count). The zero-order chi connectivity index (χ0) is 11.8. The van der Waals surface area contributed by atoms with Gasteiger partial charge < -0.3 is 5.73 Å². The van der Waals surface area contributed by atoms with Gasteiger partial charge in [0.1, 0.15) is 0 Å². The lowest BCUT2D eigenvalue weighted by Crippen LogP contribution is -2.06. The van der Waals surface area contributed by atoms with E-state index in [4.69, 9.17) is 5.73 Å². The Bertz CT molecular complexity index is 497. The molecule has 0 bridgehead atoms. The third-order valence-electron chi connectivity index (χ3n) is 2.68. The highest BCUT2D eigenvalue weighted by molar-refractivity contribution is 8.01. The molecule has 1 fully saturated rings. The molecule has 1 aliphatic heterocycles. The minimum atomic E-state index is -2.78. The molecule has 0 radical (unpaired) electrons. The third kappa shape index (κ3) is 2.71. The highest BCUT2D eigenvalue weighted by Crippen LogP contribution is 2.33. The van der Waals surface area contributed by atoms with E-state index in [1.165, 1.54) is 0 Å². The van der Waals surface area contributed by atoms with Crippen LogP contribution in [0.15, 0.2) is 23.1 Å². The quantitative estimate of drug-likeness (QED) is 0.822. The Hall–Kier alpha value is -0.680. The van der Waals surface area contributed by atoms with Gasteiger partial charge in [-0.1, -0.05) is 0 Å². The van der Waals surface area contributed by atoms with Crippen molar-refractivity contribution in [2.75, 3.05) is 17.2 Å². The molecule has 1 aromatic carbocycles. The molecule has 0 amide bonds. The van der Waals surface area contributed by atoms with Crippen LogP contribution in [-0.2, 0) is 9.84 Å². The molecule has 16 heavy (non-hydrogen) atoms. The highest BCUT2D eigenvalue weighted by atomic mass is 32.2. The van der Waals surface area contributed by atoms with Crippen molar-refractivity contribution in [1.29, 1.82) is 0 Å². The van der Waals surface area contributed by atoms with Crippen LogP contribution in [0.5, 0.6) is 0 Å². The van der Waals surface area contributed by atoms with Gasteiger partial charge >= 0.3 is 0 Å². The highest BCUT2D eigenvalue weighted by Gasteiger charge is 2.28. The summed E-state index contributed by atoms with van der Waals surface area (Å²) >= 11 is 1.65. The zero-order valence-electron chi connectivity index (χ0n) is 9.14. The van der Waals surface area contributed by atoms with E-state index < -0.39 is 9.84 Å². The van der Waals surface area contributed by atoms with E-state index in [1.54, 1.807) is 11.8 Å². The van der Waals surface area contributed by atoms with Crippen molar-refractivity contribution in [3.05, 3.63) is 23.8 Å². The second-order valence-corrected chi connectivity index (χ2v) is 7.74. The Morgan fingerprint density at radius 2 is 2.19 bits per heavy atom. The number of anilines is 1. The van der Waals surface area contributed by atoms with E-state index in [-0.39, 0.29) is 5.25 Å². The van der Waals surface area contributed by atoms with Gasteiger partial charge in [0.15, 0.2) is 9.84 Å². The molecule has 1 saturated heterocycles. The van der Waals surface area contributed by atoms with Crippen molar-refractivity contribution in [2.45, 2.75) is 23.5 Å². The summed E-state index contributed by atoms with van der Waals surface area (Å²) in [5.41, 5.74) is 7.54. The van der Waals surface area contributed by atoms with E-state index in [9.17, 15) is 8.42 Å².